The highest BCUT2D eigenvalue weighted by Crippen LogP contribution is 2.24. The standard InChI is InChI=1S/C23H26ClN5O3S/c1-2-28-17-21(22(30)25-16-18-7-4-3-5-8-18)23(26-28)33(31,32)29-13-11-27(12-14-29)20-10-6-9-19(24)15-20/h3-10,15,17H,2,11-14,16H2,1H3,(H,25,30). The van der Waals surface area contributed by atoms with Crippen molar-refractivity contribution < 1.29 is 13.2 Å². The molecule has 0 spiro atoms. The molecule has 1 N–H and O–H groups in total. The molecule has 1 fully saturated rings. The minimum atomic E-state index is -3.94. The Morgan fingerprint density at radius 3 is 2.45 bits per heavy atom. The Bertz CT molecular complexity index is 1220. The van der Waals surface area contributed by atoms with Crippen molar-refractivity contribution in [3.8, 4) is 0 Å². The maximum absolute atomic E-state index is 13.4. The summed E-state index contributed by atoms with van der Waals surface area (Å²) in [7, 11) is -3.94. The van der Waals surface area contributed by atoms with E-state index >= 15 is 0 Å². The van der Waals surface area contributed by atoms with E-state index in [0.717, 1.165) is 11.3 Å². The molecule has 33 heavy (non-hydrogen) atoms. The molecule has 174 valence electrons. The molecule has 1 aromatic heterocycles. The van der Waals surface area contributed by atoms with Crippen LogP contribution in [0.3, 0.4) is 0 Å². The molecule has 0 radical (unpaired) electrons. The highest BCUT2D eigenvalue weighted by molar-refractivity contribution is 7.89. The van der Waals surface area contributed by atoms with Crippen molar-refractivity contribution in [2.75, 3.05) is 31.1 Å². The molecule has 1 aliphatic rings. The Balaban J connectivity index is 1.50. The average molecular weight is 488 g/mol. The van der Waals surface area contributed by atoms with Gasteiger partial charge in [-0.05, 0) is 30.7 Å². The molecule has 0 aliphatic carbocycles. The first-order valence-electron chi connectivity index (χ1n) is 10.8. The fourth-order valence-corrected chi connectivity index (χ4v) is 5.47. The van der Waals surface area contributed by atoms with E-state index in [-0.39, 0.29) is 10.6 Å². The van der Waals surface area contributed by atoms with E-state index in [4.69, 9.17) is 11.6 Å². The number of hydrogen-bond donors (Lipinski definition) is 1. The summed E-state index contributed by atoms with van der Waals surface area (Å²) in [5.41, 5.74) is 1.94. The molecule has 1 amide bonds. The first-order valence-corrected chi connectivity index (χ1v) is 12.6. The van der Waals surface area contributed by atoms with Gasteiger partial charge in [0.15, 0.2) is 0 Å². The Morgan fingerprint density at radius 2 is 1.79 bits per heavy atom. The highest BCUT2D eigenvalue weighted by Gasteiger charge is 2.34. The van der Waals surface area contributed by atoms with Gasteiger partial charge in [-0.3, -0.25) is 9.48 Å². The van der Waals surface area contributed by atoms with Crippen LogP contribution in [-0.2, 0) is 23.1 Å². The first kappa shape index (κ1) is 23.3. The first-order chi connectivity index (χ1) is 15.9. The number of nitrogens with one attached hydrogen (secondary N) is 1. The van der Waals surface area contributed by atoms with Gasteiger partial charge in [-0.1, -0.05) is 48.0 Å². The average Bonchev–Trinajstić information content (AvgIpc) is 3.29. The molecule has 2 heterocycles. The van der Waals surface area contributed by atoms with Crippen LogP contribution < -0.4 is 10.2 Å². The second-order valence-electron chi connectivity index (χ2n) is 7.74. The summed E-state index contributed by atoms with van der Waals surface area (Å²) < 4.78 is 29.8. The van der Waals surface area contributed by atoms with Crippen LogP contribution in [0.5, 0.6) is 0 Å². The monoisotopic (exact) mass is 487 g/mol. The third-order valence-corrected chi connectivity index (χ3v) is 7.66. The Labute approximate surface area is 198 Å². The van der Waals surface area contributed by atoms with Crippen LogP contribution in [0.25, 0.3) is 0 Å². The van der Waals surface area contributed by atoms with E-state index in [1.165, 1.54) is 15.2 Å². The van der Waals surface area contributed by atoms with Crippen LogP contribution in [0.1, 0.15) is 22.8 Å². The predicted octanol–water partition coefficient (Wildman–Crippen LogP) is 3.00. The van der Waals surface area contributed by atoms with E-state index in [0.29, 0.717) is 44.3 Å². The van der Waals surface area contributed by atoms with Gasteiger partial charge in [-0.25, -0.2) is 8.42 Å². The largest absolute Gasteiger partial charge is 0.369 e. The van der Waals surface area contributed by atoms with Gasteiger partial charge >= 0.3 is 0 Å². The number of halogens is 1. The number of hydrogen-bond acceptors (Lipinski definition) is 5. The number of amides is 1. The third kappa shape index (κ3) is 5.21. The number of nitrogens with zero attached hydrogens (tertiary/aromatic N) is 4. The summed E-state index contributed by atoms with van der Waals surface area (Å²) in [4.78, 5) is 15.0. The van der Waals surface area contributed by atoms with Gasteiger partial charge in [-0.15, -0.1) is 0 Å². The lowest BCUT2D eigenvalue weighted by molar-refractivity contribution is 0.0947. The quantitative estimate of drug-likeness (QED) is 0.553. The van der Waals surface area contributed by atoms with Crippen LogP contribution in [0.4, 0.5) is 5.69 Å². The van der Waals surface area contributed by atoms with Crippen molar-refractivity contribution in [2.45, 2.75) is 25.0 Å². The van der Waals surface area contributed by atoms with Crippen molar-refractivity contribution in [2.24, 2.45) is 0 Å². The lowest BCUT2D eigenvalue weighted by Crippen LogP contribution is -2.49. The zero-order valence-electron chi connectivity index (χ0n) is 18.3. The van der Waals surface area contributed by atoms with Crippen LogP contribution in [0.2, 0.25) is 5.02 Å². The van der Waals surface area contributed by atoms with Gasteiger partial charge in [0.2, 0.25) is 5.03 Å². The predicted molar refractivity (Wildman–Crippen MR) is 128 cm³/mol. The van der Waals surface area contributed by atoms with Gasteiger partial charge < -0.3 is 10.2 Å². The number of anilines is 1. The summed E-state index contributed by atoms with van der Waals surface area (Å²) in [6.07, 6.45) is 1.50. The third-order valence-electron chi connectivity index (χ3n) is 5.59. The molecule has 0 bridgehead atoms. The summed E-state index contributed by atoms with van der Waals surface area (Å²) in [6.45, 7) is 4.22. The Kier molecular flexibility index (Phi) is 7.02. The molecule has 2 aromatic carbocycles. The zero-order chi connectivity index (χ0) is 23.4. The summed E-state index contributed by atoms with van der Waals surface area (Å²) in [5.74, 6) is -0.463. The van der Waals surface area contributed by atoms with Gasteiger partial charge in [0.25, 0.3) is 15.9 Å². The van der Waals surface area contributed by atoms with E-state index in [1.807, 2.05) is 55.5 Å². The second kappa shape index (κ2) is 9.94. The summed E-state index contributed by atoms with van der Waals surface area (Å²) in [6, 6.07) is 17.0. The Hall–Kier alpha value is -2.88. The lowest BCUT2D eigenvalue weighted by Gasteiger charge is -2.35. The molecule has 8 nitrogen and oxygen atoms in total. The van der Waals surface area contributed by atoms with Crippen LogP contribution in [0.15, 0.2) is 65.8 Å². The van der Waals surface area contributed by atoms with Gasteiger partial charge in [-0.2, -0.15) is 9.40 Å². The van der Waals surface area contributed by atoms with E-state index in [2.05, 4.69) is 15.3 Å². The maximum atomic E-state index is 13.4. The van der Waals surface area contributed by atoms with Crippen molar-refractivity contribution in [1.82, 2.24) is 19.4 Å². The molecule has 1 aliphatic heterocycles. The normalized spacial score (nSPS) is 14.9. The van der Waals surface area contributed by atoms with Gasteiger partial charge in [0.1, 0.15) is 0 Å². The number of benzene rings is 2. The number of carbonyl (C=O) groups is 1. The van der Waals surface area contributed by atoms with E-state index in [1.54, 1.807) is 6.07 Å². The van der Waals surface area contributed by atoms with Crippen molar-refractivity contribution in [3.63, 3.8) is 0 Å². The van der Waals surface area contributed by atoms with Crippen LogP contribution >= 0.6 is 11.6 Å². The number of aryl methyl sites for hydroxylation is 1. The number of sulfonamides is 1. The zero-order valence-corrected chi connectivity index (χ0v) is 19.9. The highest BCUT2D eigenvalue weighted by atomic mass is 35.5. The smallest absolute Gasteiger partial charge is 0.263 e. The molecular weight excluding hydrogens is 462 g/mol. The summed E-state index contributed by atoms with van der Waals surface area (Å²) in [5, 5.41) is 7.48. The van der Waals surface area contributed by atoms with Crippen molar-refractivity contribution in [3.05, 3.63) is 76.9 Å². The minimum absolute atomic E-state index is 0.0602. The maximum Gasteiger partial charge on any atom is 0.263 e. The second-order valence-corrected chi connectivity index (χ2v) is 10.0. The molecule has 0 saturated carbocycles. The van der Waals surface area contributed by atoms with Gasteiger partial charge in [0.05, 0.1) is 5.56 Å². The Morgan fingerprint density at radius 1 is 1.06 bits per heavy atom. The number of carbonyl (C=O) groups excluding carboxylic acids is 1. The lowest BCUT2D eigenvalue weighted by atomic mass is 10.2. The molecule has 10 heteroatoms. The molecule has 0 unspecified atom stereocenters. The molecule has 3 aromatic rings. The minimum Gasteiger partial charge on any atom is -0.369 e. The summed E-state index contributed by atoms with van der Waals surface area (Å²) >= 11 is 6.09. The van der Waals surface area contributed by atoms with Crippen molar-refractivity contribution >= 4 is 33.2 Å². The topological polar surface area (TPSA) is 87.5 Å². The van der Waals surface area contributed by atoms with E-state index in [9.17, 15) is 13.2 Å². The molecule has 0 atom stereocenters. The van der Waals surface area contributed by atoms with Crippen LogP contribution in [0, 0.1) is 0 Å². The van der Waals surface area contributed by atoms with Crippen molar-refractivity contribution in [1.29, 1.82) is 0 Å². The van der Waals surface area contributed by atoms with Crippen LogP contribution in [-0.4, -0.2) is 54.6 Å². The molecule has 1 saturated heterocycles. The number of piperazine rings is 1. The number of aromatic nitrogens is 2. The van der Waals surface area contributed by atoms with Gasteiger partial charge in [0, 0.05) is 56.2 Å². The number of rotatable bonds is 7. The molecule has 4 rings (SSSR count). The SMILES string of the molecule is CCn1cc(C(=O)NCc2ccccc2)c(S(=O)(=O)N2CCN(c3cccc(Cl)c3)CC2)n1. The fourth-order valence-electron chi connectivity index (χ4n) is 3.77. The molecular formula is C23H26ClN5O3S. The fraction of sp³-hybridized carbons (Fsp3) is 0.304. The van der Waals surface area contributed by atoms with E-state index < -0.39 is 15.9 Å².